The van der Waals surface area contributed by atoms with Crippen molar-refractivity contribution in [2.24, 2.45) is 0 Å². The van der Waals surface area contributed by atoms with Gasteiger partial charge in [-0.1, -0.05) is 0 Å². The van der Waals surface area contributed by atoms with Gasteiger partial charge in [0.15, 0.2) is 0 Å². The highest BCUT2D eigenvalue weighted by atomic mass is 16.5. The van der Waals surface area contributed by atoms with E-state index in [-0.39, 0.29) is 6.10 Å². The molecule has 5 nitrogen and oxygen atoms in total. The molecule has 0 saturated carbocycles. The first kappa shape index (κ1) is 11.8. The Kier molecular flexibility index (Phi) is 3.45. The molecule has 0 saturated heterocycles. The minimum Gasteiger partial charge on any atom is -0.497 e. The minimum atomic E-state index is 0.251. The van der Waals surface area contributed by atoms with E-state index in [0.717, 1.165) is 30.6 Å². The van der Waals surface area contributed by atoms with Gasteiger partial charge < -0.3 is 14.5 Å². The summed E-state index contributed by atoms with van der Waals surface area (Å²) >= 11 is 0. The number of aromatic nitrogens is 2. The summed E-state index contributed by atoms with van der Waals surface area (Å²) in [4.78, 5) is 0. The summed E-state index contributed by atoms with van der Waals surface area (Å²) in [6.07, 6.45) is 7.56. The Hall–Kier alpha value is -2.30. The zero-order valence-electron chi connectivity index (χ0n) is 10.5. The van der Waals surface area contributed by atoms with Gasteiger partial charge in [0.05, 0.1) is 12.8 Å². The molecule has 1 aromatic carbocycles. The highest BCUT2D eigenvalue weighted by molar-refractivity contribution is 5.58. The zero-order chi connectivity index (χ0) is 12.9. The van der Waals surface area contributed by atoms with E-state index in [1.807, 2.05) is 24.3 Å². The number of ether oxygens (including phenoxy) is 1. The van der Waals surface area contributed by atoms with E-state index in [4.69, 9.17) is 9.15 Å². The summed E-state index contributed by atoms with van der Waals surface area (Å²) in [6, 6.07) is 7.91. The van der Waals surface area contributed by atoms with Crippen LogP contribution in [-0.2, 0) is 4.74 Å². The van der Waals surface area contributed by atoms with Crippen molar-refractivity contribution in [2.45, 2.75) is 18.9 Å². The number of benzene rings is 1. The maximum absolute atomic E-state index is 5.51. The summed E-state index contributed by atoms with van der Waals surface area (Å²) in [5, 5.41) is 10.9. The lowest BCUT2D eigenvalue weighted by atomic mass is 10.1. The average molecular weight is 257 g/mol. The monoisotopic (exact) mass is 257 g/mol. The molecule has 1 N–H and O–H groups in total. The topological polar surface area (TPSA) is 60.2 Å². The molecule has 0 aliphatic carbocycles. The number of rotatable bonds is 4. The van der Waals surface area contributed by atoms with Crippen molar-refractivity contribution in [3.8, 4) is 11.5 Å². The predicted octanol–water partition coefficient (Wildman–Crippen LogP) is 2.84. The second-order valence-corrected chi connectivity index (χ2v) is 4.41. The molecule has 0 amide bonds. The SMILES string of the molecule is C1=COC(CNc2ccc(-c3nnco3)cc2)CC1. The van der Waals surface area contributed by atoms with Crippen molar-refractivity contribution >= 4 is 5.69 Å². The van der Waals surface area contributed by atoms with Gasteiger partial charge in [-0.3, -0.25) is 0 Å². The minimum absolute atomic E-state index is 0.251. The lowest BCUT2D eigenvalue weighted by Gasteiger charge is -2.20. The summed E-state index contributed by atoms with van der Waals surface area (Å²) in [5.74, 6) is 0.535. The Labute approximate surface area is 111 Å². The number of allylic oxidation sites excluding steroid dienone is 1. The second-order valence-electron chi connectivity index (χ2n) is 4.41. The highest BCUT2D eigenvalue weighted by Crippen LogP contribution is 2.19. The Morgan fingerprint density at radius 2 is 2.16 bits per heavy atom. The zero-order valence-corrected chi connectivity index (χ0v) is 10.5. The van der Waals surface area contributed by atoms with Gasteiger partial charge in [0.25, 0.3) is 0 Å². The van der Waals surface area contributed by atoms with Crippen molar-refractivity contribution in [3.63, 3.8) is 0 Å². The molecule has 19 heavy (non-hydrogen) atoms. The van der Waals surface area contributed by atoms with Crippen LogP contribution in [0.3, 0.4) is 0 Å². The fraction of sp³-hybridized carbons (Fsp3) is 0.286. The summed E-state index contributed by atoms with van der Waals surface area (Å²) in [5.41, 5.74) is 1.97. The van der Waals surface area contributed by atoms with Crippen LogP contribution in [-0.4, -0.2) is 22.8 Å². The van der Waals surface area contributed by atoms with Crippen LogP contribution in [0.1, 0.15) is 12.8 Å². The van der Waals surface area contributed by atoms with Gasteiger partial charge in [-0.2, -0.15) is 0 Å². The van der Waals surface area contributed by atoms with Gasteiger partial charge in [-0.25, -0.2) is 0 Å². The lowest BCUT2D eigenvalue weighted by Crippen LogP contribution is -2.22. The van der Waals surface area contributed by atoms with E-state index in [1.165, 1.54) is 6.39 Å². The molecule has 0 fully saturated rings. The van der Waals surface area contributed by atoms with Gasteiger partial charge in [0.1, 0.15) is 6.10 Å². The number of hydrogen-bond acceptors (Lipinski definition) is 5. The van der Waals surface area contributed by atoms with E-state index >= 15 is 0 Å². The molecule has 2 heterocycles. The molecule has 1 aliphatic rings. The molecular formula is C14H15N3O2. The van der Waals surface area contributed by atoms with Crippen molar-refractivity contribution in [1.82, 2.24) is 10.2 Å². The Bertz CT molecular complexity index is 534. The van der Waals surface area contributed by atoms with E-state index in [1.54, 1.807) is 6.26 Å². The third-order valence-electron chi connectivity index (χ3n) is 3.05. The summed E-state index contributed by atoms with van der Waals surface area (Å²) in [7, 11) is 0. The van der Waals surface area contributed by atoms with E-state index in [9.17, 15) is 0 Å². The average Bonchev–Trinajstić information content (AvgIpc) is 3.01. The molecule has 1 unspecified atom stereocenters. The first-order chi connectivity index (χ1) is 9.42. The summed E-state index contributed by atoms with van der Waals surface area (Å²) < 4.78 is 10.7. The van der Waals surface area contributed by atoms with Crippen molar-refractivity contribution in [1.29, 1.82) is 0 Å². The predicted molar refractivity (Wildman–Crippen MR) is 71.5 cm³/mol. The van der Waals surface area contributed by atoms with Gasteiger partial charge in [-0.05, 0) is 43.2 Å². The lowest BCUT2D eigenvalue weighted by molar-refractivity contribution is 0.135. The van der Waals surface area contributed by atoms with Gasteiger partial charge in [0, 0.05) is 11.3 Å². The van der Waals surface area contributed by atoms with E-state index in [2.05, 4.69) is 21.6 Å². The molecule has 0 bridgehead atoms. The largest absolute Gasteiger partial charge is 0.497 e. The summed E-state index contributed by atoms with van der Waals surface area (Å²) in [6.45, 7) is 0.810. The van der Waals surface area contributed by atoms with Crippen molar-refractivity contribution in [2.75, 3.05) is 11.9 Å². The van der Waals surface area contributed by atoms with Crippen LogP contribution in [0.5, 0.6) is 0 Å². The number of nitrogens with zero attached hydrogens (tertiary/aromatic N) is 2. The molecule has 5 heteroatoms. The Morgan fingerprint density at radius 3 is 2.84 bits per heavy atom. The molecule has 2 aromatic rings. The molecule has 1 aromatic heterocycles. The fourth-order valence-corrected chi connectivity index (χ4v) is 2.00. The van der Waals surface area contributed by atoms with Crippen LogP contribution >= 0.6 is 0 Å². The normalized spacial score (nSPS) is 18.0. The Balaban J connectivity index is 1.58. The standard InChI is InChI=1S/C14H15N3O2/c1-2-8-18-13(3-1)9-15-12-6-4-11(5-7-12)14-17-16-10-19-14/h2,4-8,10,13,15H,1,3,9H2. The van der Waals surface area contributed by atoms with Crippen LogP contribution in [0.15, 0.2) is 47.4 Å². The van der Waals surface area contributed by atoms with Crippen LogP contribution in [0.2, 0.25) is 0 Å². The fourth-order valence-electron chi connectivity index (χ4n) is 2.00. The molecule has 1 aliphatic heterocycles. The molecule has 1 atom stereocenters. The van der Waals surface area contributed by atoms with Crippen LogP contribution in [0.25, 0.3) is 11.5 Å². The first-order valence-corrected chi connectivity index (χ1v) is 6.33. The number of hydrogen-bond donors (Lipinski definition) is 1. The second kappa shape index (κ2) is 5.56. The quantitative estimate of drug-likeness (QED) is 0.912. The van der Waals surface area contributed by atoms with E-state index < -0.39 is 0 Å². The molecular weight excluding hydrogens is 242 g/mol. The highest BCUT2D eigenvalue weighted by Gasteiger charge is 2.10. The maximum atomic E-state index is 5.51. The van der Waals surface area contributed by atoms with Crippen molar-refractivity contribution in [3.05, 3.63) is 43.0 Å². The molecule has 0 spiro atoms. The van der Waals surface area contributed by atoms with Gasteiger partial charge >= 0.3 is 0 Å². The maximum Gasteiger partial charge on any atom is 0.247 e. The van der Waals surface area contributed by atoms with Crippen LogP contribution < -0.4 is 5.32 Å². The Morgan fingerprint density at radius 1 is 1.26 bits per heavy atom. The molecule has 98 valence electrons. The smallest absolute Gasteiger partial charge is 0.247 e. The third-order valence-corrected chi connectivity index (χ3v) is 3.05. The molecule has 0 radical (unpaired) electrons. The van der Waals surface area contributed by atoms with Crippen LogP contribution in [0, 0.1) is 0 Å². The molecule has 3 rings (SSSR count). The third kappa shape index (κ3) is 2.93. The van der Waals surface area contributed by atoms with Gasteiger partial charge in [-0.15, -0.1) is 10.2 Å². The number of anilines is 1. The number of nitrogens with one attached hydrogen (secondary N) is 1. The van der Waals surface area contributed by atoms with Crippen molar-refractivity contribution < 1.29 is 9.15 Å². The van der Waals surface area contributed by atoms with Gasteiger partial charge in [0.2, 0.25) is 12.3 Å². The first-order valence-electron chi connectivity index (χ1n) is 6.33. The van der Waals surface area contributed by atoms with Crippen LogP contribution in [0.4, 0.5) is 5.69 Å². The van der Waals surface area contributed by atoms with E-state index in [0.29, 0.717) is 5.89 Å².